The lowest BCUT2D eigenvalue weighted by atomic mass is 9.92. The average Bonchev–Trinajstić information content (AvgIpc) is 3.30. The number of likely N-dealkylation sites (tertiary alicyclic amines) is 1. The number of hydrogen-bond acceptors (Lipinski definition) is 8. The van der Waals surface area contributed by atoms with Crippen molar-refractivity contribution in [3.8, 4) is 6.07 Å². The third-order valence-electron chi connectivity index (χ3n) is 6.62. The van der Waals surface area contributed by atoms with Gasteiger partial charge in [-0.1, -0.05) is 20.3 Å². The number of unbranched alkanes of at least 4 members (excludes halogenated alkanes) is 1. The van der Waals surface area contributed by atoms with E-state index in [2.05, 4.69) is 15.6 Å². The first-order chi connectivity index (χ1) is 17.9. The fourth-order valence-electron chi connectivity index (χ4n) is 4.52. The molecule has 214 valence electrons. The highest BCUT2D eigenvalue weighted by Gasteiger charge is 2.49. The molecule has 1 heterocycles. The molecule has 38 heavy (non-hydrogen) atoms. The highest BCUT2D eigenvalue weighted by molar-refractivity contribution is 5.98. The van der Waals surface area contributed by atoms with E-state index in [0.717, 1.165) is 6.42 Å². The molecule has 1 saturated heterocycles. The lowest BCUT2D eigenvalue weighted by Crippen LogP contribution is -2.60. The van der Waals surface area contributed by atoms with Crippen molar-refractivity contribution < 1.29 is 19.2 Å². The number of amides is 3. The van der Waals surface area contributed by atoms with Crippen molar-refractivity contribution in [1.29, 1.82) is 5.26 Å². The normalized spacial score (nSPS) is 19.2. The number of nitrogens with zero attached hydrogens (tertiary/aromatic N) is 3. The van der Waals surface area contributed by atoms with Gasteiger partial charge in [-0.15, -0.1) is 0 Å². The Bertz CT molecular complexity index is 898. The summed E-state index contributed by atoms with van der Waals surface area (Å²) in [6.45, 7) is 6.04. The fraction of sp³-hybridized carbons (Fsp3) is 0.760. The van der Waals surface area contributed by atoms with Crippen molar-refractivity contribution in [3.05, 3.63) is 0 Å². The van der Waals surface area contributed by atoms with E-state index in [1.165, 1.54) is 11.8 Å². The number of guanidine groups is 1. The Labute approximate surface area is 225 Å². The number of rotatable bonds is 16. The van der Waals surface area contributed by atoms with Crippen molar-refractivity contribution in [2.75, 3.05) is 19.6 Å². The van der Waals surface area contributed by atoms with Gasteiger partial charge in [0.15, 0.2) is 17.3 Å². The topological polar surface area (TPSA) is 236 Å². The Morgan fingerprint density at radius 1 is 1.05 bits per heavy atom. The van der Waals surface area contributed by atoms with Gasteiger partial charge >= 0.3 is 0 Å². The molecule has 0 bridgehead atoms. The molecule has 3 amide bonds. The highest BCUT2D eigenvalue weighted by Crippen LogP contribution is 2.31. The smallest absolute Gasteiger partial charge is 0.246 e. The molecule has 0 saturated carbocycles. The average molecular weight is 536 g/mol. The molecule has 0 spiro atoms. The van der Waals surface area contributed by atoms with E-state index < -0.39 is 47.2 Å². The first-order valence-electron chi connectivity index (χ1n) is 13.2. The second kappa shape index (κ2) is 15.9. The Kier molecular flexibility index (Phi) is 13.7. The molecule has 1 fully saturated rings. The van der Waals surface area contributed by atoms with Gasteiger partial charge in [-0.2, -0.15) is 5.26 Å². The van der Waals surface area contributed by atoms with Crippen LogP contribution in [0.5, 0.6) is 0 Å². The Morgan fingerprint density at radius 3 is 2.26 bits per heavy atom. The molecule has 1 rings (SSSR count). The third-order valence-corrected chi connectivity index (χ3v) is 6.62. The number of aliphatic imine (C=N–C) groups is 1. The van der Waals surface area contributed by atoms with E-state index in [0.29, 0.717) is 38.6 Å². The summed E-state index contributed by atoms with van der Waals surface area (Å²) in [5.41, 5.74) is 20.7. The van der Waals surface area contributed by atoms with E-state index in [-0.39, 0.29) is 37.8 Å². The number of nitrogens with one attached hydrogen (secondary N) is 2. The van der Waals surface area contributed by atoms with Gasteiger partial charge in [0.2, 0.25) is 17.7 Å². The fourth-order valence-corrected chi connectivity index (χ4v) is 4.52. The molecular weight excluding hydrogens is 490 g/mol. The van der Waals surface area contributed by atoms with Gasteiger partial charge in [0.05, 0.1) is 12.1 Å². The van der Waals surface area contributed by atoms with E-state index in [1.807, 2.05) is 19.9 Å². The van der Waals surface area contributed by atoms with Crippen molar-refractivity contribution in [2.24, 2.45) is 33.8 Å². The van der Waals surface area contributed by atoms with Gasteiger partial charge in [0, 0.05) is 13.1 Å². The maximum atomic E-state index is 13.6. The molecule has 0 radical (unpaired) electrons. The summed E-state index contributed by atoms with van der Waals surface area (Å²) in [6.07, 6.45) is 3.41. The predicted octanol–water partition coefficient (Wildman–Crippen LogP) is -1.01. The first kappa shape index (κ1) is 32.8. The lowest BCUT2D eigenvalue weighted by molar-refractivity contribution is -0.143. The summed E-state index contributed by atoms with van der Waals surface area (Å²) in [4.78, 5) is 57.3. The van der Waals surface area contributed by atoms with Crippen LogP contribution in [-0.4, -0.2) is 77.7 Å². The van der Waals surface area contributed by atoms with Gasteiger partial charge in [-0.25, -0.2) is 0 Å². The molecule has 0 aromatic carbocycles. The van der Waals surface area contributed by atoms with Crippen LogP contribution < -0.4 is 33.6 Å². The van der Waals surface area contributed by atoms with Crippen LogP contribution in [0.1, 0.15) is 72.1 Å². The summed E-state index contributed by atoms with van der Waals surface area (Å²) >= 11 is 0. The van der Waals surface area contributed by atoms with Crippen LogP contribution in [0.25, 0.3) is 0 Å². The summed E-state index contributed by atoms with van der Waals surface area (Å²) in [7, 11) is 0. The zero-order chi connectivity index (χ0) is 28.9. The van der Waals surface area contributed by atoms with Crippen LogP contribution in [0.3, 0.4) is 0 Å². The molecule has 1 aliphatic rings. The van der Waals surface area contributed by atoms with E-state index in [4.69, 9.17) is 22.9 Å². The molecule has 1 aliphatic heterocycles. The molecule has 0 aromatic heterocycles. The van der Waals surface area contributed by atoms with Gasteiger partial charge in [0.1, 0.15) is 12.1 Å². The molecule has 0 aliphatic carbocycles. The van der Waals surface area contributed by atoms with Crippen LogP contribution in [0.4, 0.5) is 0 Å². The number of carbonyl (C=O) groups excluding carboxylic acids is 4. The number of Topliss-reactive ketones (excluding diaryl/α,β-unsaturated/α-hetero) is 1. The second-order valence-electron chi connectivity index (χ2n) is 10.2. The van der Waals surface area contributed by atoms with E-state index >= 15 is 0 Å². The van der Waals surface area contributed by atoms with Crippen LogP contribution in [0.2, 0.25) is 0 Å². The van der Waals surface area contributed by atoms with Gasteiger partial charge in [-0.05, 0) is 64.3 Å². The number of hydrogen-bond donors (Lipinski definition) is 6. The second-order valence-corrected chi connectivity index (χ2v) is 10.2. The van der Waals surface area contributed by atoms with Crippen molar-refractivity contribution >= 4 is 29.5 Å². The van der Waals surface area contributed by atoms with Crippen molar-refractivity contribution in [1.82, 2.24) is 15.5 Å². The zero-order valence-corrected chi connectivity index (χ0v) is 22.9. The molecule has 13 nitrogen and oxygen atoms in total. The predicted molar refractivity (Wildman–Crippen MR) is 144 cm³/mol. The summed E-state index contributed by atoms with van der Waals surface area (Å²) in [5.74, 6) is -2.02. The zero-order valence-electron chi connectivity index (χ0n) is 22.9. The SMILES string of the molecule is CC(=O)C1(C#N)CCCN1C(=O)[C@H](CCCN=C(N)N)NC(=O)[C@H](CC(C)C)NC(=O)[C@@H](N)CCCCN. The monoisotopic (exact) mass is 535 g/mol. The number of nitriles is 1. The standard InChI is InChI=1S/C25H45N9O4/c1-16(2)14-20(33-21(36)18(28)8-4-5-11-26)22(37)32-19(9-6-12-31-24(29)30)23(38)34-13-7-10-25(34,15-27)17(3)35/h16,18-20H,4-14,26,28H2,1-3H3,(H,32,37)(H,33,36)(H4,29,30,31)/t18-,19-,20-,25?/m0/s1. The maximum Gasteiger partial charge on any atom is 0.246 e. The minimum atomic E-state index is -1.57. The molecule has 13 heteroatoms. The summed E-state index contributed by atoms with van der Waals surface area (Å²) in [6, 6.07) is -0.755. The van der Waals surface area contributed by atoms with Crippen LogP contribution in [0.15, 0.2) is 4.99 Å². The summed E-state index contributed by atoms with van der Waals surface area (Å²) < 4.78 is 0. The van der Waals surface area contributed by atoms with Gasteiger partial charge in [-0.3, -0.25) is 24.2 Å². The Balaban J connectivity index is 3.13. The van der Waals surface area contributed by atoms with Crippen LogP contribution >= 0.6 is 0 Å². The third kappa shape index (κ3) is 9.57. The number of nitrogens with two attached hydrogens (primary N) is 4. The molecule has 1 unspecified atom stereocenters. The molecule has 10 N–H and O–H groups in total. The molecule has 4 atom stereocenters. The van der Waals surface area contributed by atoms with Crippen LogP contribution in [-0.2, 0) is 19.2 Å². The molecular formula is C25H45N9O4. The minimum absolute atomic E-state index is 0.0538. The maximum absolute atomic E-state index is 13.6. The van der Waals surface area contributed by atoms with Gasteiger partial charge in [0.25, 0.3) is 0 Å². The largest absolute Gasteiger partial charge is 0.370 e. The van der Waals surface area contributed by atoms with E-state index in [1.54, 1.807) is 0 Å². The lowest BCUT2D eigenvalue weighted by Gasteiger charge is -2.34. The van der Waals surface area contributed by atoms with Gasteiger partial charge < -0.3 is 38.5 Å². The summed E-state index contributed by atoms with van der Waals surface area (Å²) in [5, 5.41) is 15.3. The van der Waals surface area contributed by atoms with Crippen molar-refractivity contribution in [2.45, 2.75) is 95.8 Å². The number of ketones is 1. The Hall–Kier alpha value is -3.24. The first-order valence-corrected chi connectivity index (χ1v) is 13.2. The van der Waals surface area contributed by atoms with E-state index in [9.17, 15) is 24.4 Å². The Morgan fingerprint density at radius 2 is 1.71 bits per heavy atom. The van der Waals surface area contributed by atoms with Crippen LogP contribution in [0, 0.1) is 17.2 Å². The highest BCUT2D eigenvalue weighted by atomic mass is 16.2. The van der Waals surface area contributed by atoms with Crippen molar-refractivity contribution in [3.63, 3.8) is 0 Å². The molecule has 0 aromatic rings. The minimum Gasteiger partial charge on any atom is -0.370 e. The number of carbonyl (C=O) groups is 4. The quantitative estimate of drug-likeness (QED) is 0.0805.